The molecule has 3 aromatic heterocycles. The molecular formula is C17H19Cl2N7O4. The molecule has 13 heteroatoms. The molecule has 3 aromatic rings. The van der Waals surface area contributed by atoms with Crippen molar-refractivity contribution in [2.45, 2.75) is 44.9 Å². The van der Waals surface area contributed by atoms with Crippen LogP contribution in [0.2, 0.25) is 10.3 Å². The Balaban J connectivity index is 1.41. The number of aromatic nitrogens is 6. The van der Waals surface area contributed by atoms with Gasteiger partial charge in [-0.15, -0.1) is 5.10 Å². The van der Waals surface area contributed by atoms with Gasteiger partial charge in [0.2, 0.25) is 0 Å². The van der Waals surface area contributed by atoms with Crippen LogP contribution in [0, 0.1) is 10.1 Å². The molecule has 0 spiro atoms. The third kappa shape index (κ3) is 4.18. The molecular weight excluding hydrogens is 437 g/mol. The Morgan fingerprint density at radius 3 is 2.93 bits per heavy atom. The first-order valence-corrected chi connectivity index (χ1v) is 10.2. The number of nitrogens with zero attached hydrogens (tertiary/aromatic N) is 7. The Morgan fingerprint density at radius 1 is 1.33 bits per heavy atom. The average Bonchev–Trinajstić information content (AvgIpc) is 3.28. The van der Waals surface area contributed by atoms with Gasteiger partial charge in [-0.05, 0) is 19.8 Å². The Hall–Kier alpha value is -2.50. The average molecular weight is 456 g/mol. The molecule has 0 amide bonds. The molecule has 1 aliphatic heterocycles. The lowest BCUT2D eigenvalue weighted by atomic mass is 10.1. The first-order valence-electron chi connectivity index (χ1n) is 9.44. The van der Waals surface area contributed by atoms with Crippen LogP contribution in [0.15, 0.2) is 12.5 Å². The summed E-state index contributed by atoms with van der Waals surface area (Å²) in [5, 5.41) is 20.9. The fourth-order valence-corrected chi connectivity index (χ4v) is 4.00. The molecule has 160 valence electrons. The Bertz CT molecular complexity index is 1070. The van der Waals surface area contributed by atoms with Gasteiger partial charge in [-0.1, -0.05) is 23.2 Å². The highest BCUT2D eigenvalue weighted by Crippen LogP contribution is 2.31. The number of hydrogen-bond donors (Lipinski definition) is 0. The second kappa shape index (κ2) is 8.70. The normalized spacial score (nSPS) is 19.3. The van der Waals surface area contributed by atoms with E-state index in [-0.39, 0.29) is 40.6 Å². The molecule has 2 unspecified atom stereocenters. The zero-order valence-electron chi connectivity index (χ0n) is 16.1. The van der Waals surface area contributed by atoms with Crippen LogP contribution in [-0.2, 0) is 11.3 Å². The number of ether oxygens (including phenoxy) is 2. The van der Waals surface area contributed by atoms with Gasteiger partial charge in [0.05, 0.1) is 29.1 Å². The maximum absolute atomic E-state index is 11.4. The van der Waals surface area contributed by atoms with E-state index in [0.717, 1.165) is 12.8 Å². The fraction of sp³-hybridized carbons (Fsp3) is 0.529. The summed E-state index contributed by atoms with van der Waals surface area (Å²) in [6, 6.07) is 0.0480. The molecule has 4 heterocycles. The van der Waals surface area contributed by atoms with E-state index in [1.807, 2.05) is 6.92 Å². The lowest BCUT2D eigenvalue weighted by Gasteiger charge is -2.27. The Kier molecular flexibility index (Phi) is 6.02. The summed E-state index contributed by atoms with van der Waals surface area (Å²) in [6.07, 6.45) is 4.85. The summed E-state index contributed by atoms with van der Waals surface area (Å²) in [5.74, 6) is 0.00729. The van der Waals surface area contributed by atoms with Crippen LogP contribution in [0.4, 0.5) is 5.69 Å². The van der Waals surface area contributed by atoms with Gasteiger partial charge >= 0.3 is 11.6 Å². The van der Waals surface area contributed by atoms with Gasteiger partial charge in [0, 0.05) is 19.6 Å². The quantitative estimate of drug-likeness (QED) is 0.229. The van der Waals surface area contributed by atoms with E-state index in [2.05, 4.69) is 20.2 Å². The van der Waals surface area contributed by atoms with Crippen LogP contribution in [-0.4, -0.2) is 53.8 Å². The molecule has 1 fully saturated rings. The predicted molar refractivity (Wildman–Crippen MR) is 108 cm³/mol. The van der Waals surface area contributed by atoms with Crippen molar-refractivity contribution >= 4 is 39.9 Å². The van der Waals surface area contributed by atoms with Crippen LogP contribution >= 0.6 is 23.2 Å². The van der Waals surface area contributed by atoms with Gasteiger partial charge in [0.1, 0.15) is 17.7 Å². The van der Waals surface area contributed by atoms with E-state index in [1.54, 1.807) is 9.36 Å². The molecule has 0 radical (unpaired) electrons. The zero-order valence-corrected chi connectivity index (χ0v) is 17.6. The predicted octanol–water partition coefficient (Wildman–Crippen LogP) is 3.45. The molecule has 11 nitrogen and oxygen atoms in total. The van der Waals surface area contributed by atoms with Gasteiger partial charge in [0.15, 0.2) is 10.8 Å². The Labute approximate surface area is 181 Å². The van der Waals surface area contributed by atoms with Crippen molar-refractivity contribution < 1.29 is 14.4 Å². The number of fused-ring (bicyclic) bond motifs is 1. The number of halogens is 2. The van der Waals surface area contributed by atoms with Crippen molar-refractivity contribution in [2.75, 3.05) is 13.2 Å². The SMILES string of the molecule is CC1CC(n2cc([N+](=O)[O-])c(OCCCn3nc(Cl)c4c(Cl)ncnc43)n2)CCO1. The largest absolute Gasteiger partial charge is 0.472 e. The third-order valence-corrected chi connectivity index (χ3v) is 5.45. The van der Waals surface area contributed by atoms with Crippen LogP contribution in [0.3, 0.4) is 0 Å². The molecule has 1 saturated heterocycles. The van der Waals surface area contributed by atoms with Gasteiger partial charge in [-0.25, -0.2) is 14.6 Å². The molecule has 0 aliphatic carbocycles. The van der Waals surface area contributed by atoms with Crippen molar-refractivity contribution in [1.82, 2.24) is 29.5 Å². The van der Waals surface area contributed by atoms with Crippen LogP contribution in [0.5, 0.6) is 5.88 Å². The minimum Gasteiger partial charge on any atom is -0.472 e. The second-order valence-electron chi connectivity index (χ2n) is 7.00. The first-order chi connectivity index (χ1) is 14.4. The second-order valence-corrected chi connectivity index (χ2v) is 7.71. The number of nitro groups is 1. The zero-order chi connectivity index (χ0) is 21.3. The van der Waals surface area contributed by atoms with Crippen LogP contribution in [0.25, 0.3) is 11.0 Å². The first kappa shape index (κ1) is 20.8. The van der Waals surface area contributed by atoms with Gasteiger partial charge in [-0.3, -0.25) is 14.8 Å². The molecule has 2 atom stereocenters. The van der Waals surface area contributed by atoms with Gasteiger partial charge in [0.25, 0.3) is 0 Å². The maximum Gasteiger partial charge on any atom is 0.350 e. The minimum atomic E-state index is -0.485. The van der Waals surface area contributed by atoms with E-state index >= 15 is 0 Å². The van der Waals surface area contributed by atoms with Gasteiger partial charge in [-0.2, -0.15) is 5.10 Å². The lowest BCUT2D eigenvalue weighted by Crippen LogP contribution is -2.25. The Morgan fingerprint density at radius 2 is 2.17 bits per heavy atom. The number of aryl methyl sites for hydroxylation is 1. The van der Waals surface area contributed by atoms with Crippen molar-refractivity contribution in [1.29, 1.82) is 0 Å². The third-order valence-electron chi connectivity index (χ3n) is 4.90. The summed E-state index contributed by atoms with van der Waals surface area (Å²) >= 11 is 12.2. The number of rotatable bonds is 7. The smallest absolute Gasteiger partial charge is 0.350 e. The summed E-state index contributed by atoms with van der Waals surface area (Å²) in [4.78, 5) is 19.0. The van der Waals surface area contributed by atoms with Crippen molar-refractivity contribution in [3.8, 4) is 5.88 Å². The molecule has 4 rings (SSSR count). The van der Waals surface area contributed by atoms with E-state index in [1.165, 1.54) is 12.5 Å². The van der Waals surface area contributed by atoms with Crippen LogP contribution in [0.1, 0.15) is 32.2 Å². The summed E-state index contributed by atoms with van der Waals surface area (Å²) in [5.41, 5.74) is 0.366. The van der Waals surface area contributed by atoms with Crippen molar-refractivity contribution in [3.05, 3.63) is 32.9 Å². The van der Waals surface area contributed by atoms with E-state index in [4.69, 9.17) is 32.7 Å². The highest BCUT2D eigenvalue weighted by atomic mass is 35.5. The summed E-state index contributed by atoms with van der Waals surface area (Å²) < 4.78 is 14.4. The lowest BCUT2D eigenvalue weighted by molar-refractivity contribution is -0.386. The molecule has 0 aromatic carbocycles. The monoisotopic (exact) mass is 455 g/mol. The fourth-order valence-electron chi connectivity index (χ4n) is 3.47. The van der Waals surface area contributed by atoms with Crippen molar-refractivity contribution in [2.24, 2.45) is 0 Å². The topological polar surface area (TPSA) is 123 Å². The summed E-state index contributed by atoms with van der Waals surface area (Å²) in [6.45, 7) is 3.22. The minimum absolute atomic E-state index is 0.00729. The maximum atomic E-state index is 11.4. The molecule has 0 bridgehead atoms. The van der Waals surface area contributed by atoms with E-state index in [0.29, 0.717) is 30.6 Å². The highest BCUT2D eigenvalue weighted by molar-refractivity contribution is 6.40. The molecule has 1 aliphatic rings. The molecule has 0 N–H and O–H groups in total. The van der Waals surface area contributed by atoms with Crippen LogP contribution < -0.4 is 4.74 Å². The number of hydrogen-bond acceptors (Lipinski definition) is 8. The highest BCUT2D eigenvalue weighted by Gasteiger charge is 2.27. The molecule has 0 saturated carbocycles. The van der Waals surface area contributed by atoms with Crippen molar-refractivity contribution in [3.63, 3.8) is 0 Å². The molecule has 30 heavy (non-hydrogen) atoms. The summed E-state index contributed by atoms with van der Waals surface area (Å²) in [7, 11) is 0. The standard InChI is InChI=1S/C17H19Cl2N7O4/c1-10-7-11(3-6-29-10)25-8-12(26(27)28)17(23-25)30-5-2-4-24-16-13(15(19)22-24)14(18)20-9-21-16/h8-11H,2-7H2,1H3. The van der Waals surface area contributed by atoms with Gasteiger partial charge < -0.3 is 9.47 Å². The van der Waals surface area contributed by atoms with E-state index < -0.39 is 4.92 Å². The van der Waals surface area contributed by atoms with E-state index in [9.17, 15) is 10.1 Å².